The van der Waals surface area contributed by atoms with Gasteiger partial charge in [-0.1, -0.05) is 6.42 Å². The SMILES string of the molecule is O=C([O-])C1CCCC(C(=O)[O-])C1.[Na+].[Na+]. The topological polar surface area (TPSA) is 80.3 Å². The molecule has 14 heavy (non-hydrogen) atoms. The van der Waals surface area contributed by atoms with E-state index in [1.807, 2.05) is 0 Å². The van der Waals surface area contributed by atoms with Crippen LogP contribution in [0.4, 0.5) is 0 Å². The van der Waals surface area contributed by atoms with E-state index in [2.05, 4.69) is 0 Å². The van der Waals surface area contributed by atoms with Gasteiger partial charge in [-0.3, -0.25) is 0 Å². The summed E-state index contributed by atoms with van der Waals surface area (Å²) in [5, 5.41) is 20.8. The predicted octanol–water partition coefficient (Wildman–Crippen LogP) is -7.70. The Morgan fingerprint density at radius 3 is 1.57 bits per heavy atom. The molecule has 0 N–H and O–H groups in total. The molecule has 1 aliphatic rings. The Morgan fingerprint density at radius 2 is 1.29 bits per heavy atom. The molecule has 4 nitrogen and oxygen atoms in total. The van der Waals surface area contributed by atoms with Gasteiger partial charge in [-0.15, -0.1) is 0 Å². The maximum Gasteiger partial charge on any atom is 1.00 e. The Morgan fingerprint density at radius 1 is 0.929 bits per heavy atom. The Hall–Kier alpha value is 0.940. The van der Waals surface area contributed by atoms with Gasteiger partial charge < -0.3 is 19.8 Å². The van der Waals surface area contributed by atoms with Crippen LogP contribution in [0.2, 0.25) is 0 Å². The molecule has 1 saturated carbocycles. The monoisotopic (exact) mass is 216 g/mol. The van der Waals surface area contributed by atoms with Crippen LogP contribution in [-0.2, 0) is 9.59 Å². The molecule has 6 heteroatoms. The third-order valence-corrected chi connectivity index (χ3v) is 2.34. The van der Waals surface area contributed by atoms with Crippen molar-refractivity contribution in [2.24, 2.45) is 11.8 Å². The molecule has 0 aliphatic heterocycles. The van der Waals surface area contributed by atoms with Crippen LogP contribution in [0.25, 0.3) is 0 Å². The van der Waals surface area contributed by atoms with E-state index in [1.165, 1.54) is 0 Å². The summed E-state index contributed by atoms with van der Waals surface area (Å²) in [6.07, 6.45) is 1.88. The molecule has 0 radical (unpaired) electrons. The van der Waals surface area contributed by atoms with Crippen LogP contribution < -0.4 is 69.3 Å². The van der Waals surface area contributed by atoms with Crippen molar-refractivity contribution in [3.05, 3.63) is 0 Å². The zero-order valence-corrected chi connectivity index (χ0v) is 12.6. The van der Waals surface area contributed by atoms with Gasteiger partial charge in [0.05, 0.1) is 0 Å². The zero-order chi connectivity index (χ0) is 9.14. The maximum absolute atomic E-state index is 10.4. The van der Waals surface area contributed by atoms with Gasteiger partial charge in [-0.05, 0) is 31.1 Å². The van der Waals surface area contributed by atoms with Crippen LogP contribution in [0.3, 0.4) is 0 Å². The van der Waals surface area contributed by atoms with E-state index >= 15 is 0 Å². The van der Waals surface area contributed by atoms with Crippen LogP contribution in [0.5, 0.6) is 0 Å². The van der Waals surface area contributed by atoms with E-state index in [0.29, 0.717) is 19.3 Å². The number of hydrogen-bond acceptors (Lipinski definition) is 4. The van der Waals surface area contributed by atoms with Gasteiger partial charge in [-0.25, -0.2) is 0 Å². The fourth-order valence-corrected chi connectivity index (χ4v) is 1.62. The van der Waals surface area contributed by atoms with Crippen molar-refractivity contribution in [3.63, 3.8) is 0 Å². The van der Waals surface area contributed by atoms with E-state index in [9.17, 15) is 19.8 Å². The van der Waals surface area contributed by atoms with Crippen molar-refractivity contribution in [2.45, 2.75) is 25.7 Å². The average molecular weight is 216 g/mol. The normalized spacial score (nSPS) is 25.4. The van der Waals surface area contributed by atoms with E-state index < -0.39 is 23.8 Å². The van der Waals surface area contributed by atoms with Gasteiger partial charge in [-0.2, -0.15) is 0 Å². The quantitative estimate of drug-likeness (QED) is 0.429. The summed E-state index contributed by atoms with van der Waals surface area (Å²) in [6, 6.07) is 0. The third kappa shape index (κ3) is 5.14. The molecule has 0 heterocycles. The Balaban J connectivity index is 0. The summed E-state index contributed by atoms with van der Waals surface area (Å²) >= 11 is 0. The number of rotatable bonds is 2. The fraction of sp³-hybridized carbons (Fsp3) is 0.750. The van der Waals surface area contributed by atoms with Crippen LogP contribution in [0.15, 0.2) is 0 Å². The second-order valence-corrected chi connectivity index (χ2v) is 3.20. The Kier molecular flexibility index (Phi) is 10.1. The third-order valence-electron chi connectivity index (χ3n) is 2.34. The van der Waals surface area contributed by atoms with Crippen LogP contribution in [-0.4, -0.2) is 11.9 Å². The molecule has 0 amide bonds. The average Bonchev–Trinajstić information content (AvgIpc) is 2.04. The van der Waals surface area contributed by atoms with Crippen molar-refractivity contribution < 1.29 is 78.9 Å². The zero-order valence-electron chi connectivity index (χ0n) is 8.62. The molecule has 1 rings (SSSR count). The summed E-state index contributed by atoms with van der Waals surface area (Å²) in [5.41, 5.74) is 0. The first-order valence-corrected chi connectivity index (χ1v) is 4.03. The van der Waals surface area contributed by atoms with E-state index in [4.69, 9.17) is 0 Å². The molecule has 0 aromatic rings. The first-order valence-electron chi connectivity index (χ1n) is 4.03. The number of carbonyl (C=O) groups excluding carboxylic acids is 2. The second-order valence-electron chi connectivity index (χ2n) is 3.20. The number of carboxylic acid groups (broad SMARTS) is 2. The van der Waals surface area contributed by atoms with E-state index in [1.54, 1.807) is 0 Å². The van der Waals surface area contributed by atoms with E-state index in [0.717, 1.165) is 0 Å². The standard InChI is InChI=1S/C8H12O4.2Na/c9-7(10)5-2-1-3-6(4-5)8(11)12;;/h5-6H,1-4H2,(H,9,10)(H,11,12);;/q;2*+1/p-2. The first-order chi connectivity index (χ1) is 5.61. The van der Waals surface area contributed by atoms with E-state index in [-0.39, 0.29) is 65.5 Å². The molecule has 0 aromatic carbocycles. The summed E-state index contributed by atoms with van der Waals surface area (Å²) in [7, 11) is 0. The summed E-state index contributed by atoms with van der Waals surface area (Å²) < 4.78 is 0. The largest absolute Gasteiger partial charge is 1.00 e. The van der Waals surface area contributed by atoms with Gasteiger partial charge in [0.25, 0.3) is 0 Å². The second kappa shape index (κ2) is 8.13. The van der Waals surface area contributed by atoms with Crippen molar-refractivity contribution in [1.82, 2.24) is 0 Å². The van der Waals surface area contributed by atoms with Gasteiger partial charge in [0.1, 0.15) is 0 Å². The number of aliphatic carboxylic acids is 2. The van der Waals surface area contributed by atoms with Gasteiger partial charge in [0.2, 0.25) is 0 Å². The molecule has 0 saturated heterocycles. The smallest absolute Gasteiger partial charge is 0.550 e. The molecule has 68 valence electrons. The predicted molar refractivity (Wildman–Crippen MR) is 35.5 cm³/mol. The van der Waals surface area contributed by atoms with Crippen molar-refractivity contribution in [2.75, 3.05) is 0 Å². The minimum Gasteiger partial charge on any atom is -0.550 e. The van der Waals surface area contributed by atoms with Crippen LogP contribution >= 0.6 is 0 Å². The molecular formula is C8H10Na2O4. The number of carbonyl (C=O) groups is 2. The number of carboxylic acids is 2. The van der Waals surface area contributed by atoms with Crippen molar-refractivity contribution in [3.8, 4) is 0 Å². The minimum atomic E-state index is -1.14. The number of hydrogen-bond donors (Lipinski definition) is 0. The molecule has 2 atom stereocenters. The molecule has 2 unspecified atom stereocenters. The first kappa shape index (κ1) is 17.3. The molecule has 0 spiro atoms. The maximum atomic E-state index is 10.4. The van der Waals surface area contributed by atoms with Gasteiger partial charge >= 0.3 is 59.1 Å². The van der Waals surface area contributed by atoms with Crippen LogP contribution in [0.1, 0.15) is 25.7 Å². The summed E-state index contributed by atoms with van der Waals surface area (Å²) in [4.78, 5) is 20.8. The van der Waals surface area contributed by atoms with Gasteiger partial charge in [0, 0.05) is 11.9 Å². The molecule has 0 aromatic heterocycles. The summed E-state index contributed by atoms with van der Waals surface area (Å²) in [6.45, 7) is 0. The minimum absolute atomic E-state index is 0. The Labute approximate surface area is 127 Å². The summed E-state index contributed by atoms with van der Waals surface area (Å²) in [5.74, 6) is -3.47. The van der Waals surface area contributed by atoms with Crippen LogP contribution in [0, 0.1) is 11.8 Å². The van der Waals surface area contributed by atoms with Crippen molar-refractivity contribution in [1.29, 1.82) is 0 Å². The molecule has 0 bridgehead atoms. The molecule has 1 fully saturated rings. The van der Waals surface area contributed by atoms with Crippen molar-refractivity contribution >= 4 is 11.9 Å². The fourth-order valence-electron chi connectivity index (χ4n) is 1.62. The van der Waals surface area contributed by atoms with Gasteiger partial charge in [0.15, 0.2) is 0 Å². The molecule has 1 aliphatic carbocycles. The molecular weight excluding hydrogens is 206 g/mol. The Bertz CT molecular complexity index is 188.